The van der Waals surface area contributed by atoms with E-state index in [0.29, 0.717) is 0 Å². The van der Waals surface area contributed by atoms with Crippen molar-refractivity contribution in [2.75, 3.05) is 10.5 Å². The molecule has 0 aliphatic rings. The second-order valence-corrected chi connectivity index (χ2v) is 5.76. The highest BCUT2D eigenvalue weighted by molar-refractivity contribution is 7.93. The molecule has 0 aliphatic heterocycles. The van der Waals surface area contributed by atoms with Gasteiger partial charge in [-0.25, -0.2) is 8.42 Å². The van der Waals surface area contributed by atoms with E-state index in [-0.39, 0.29) is 22.0 Å². The summed E-state index contributed by atoms with van der Waals surface area (Å²) in [6.45, 7) is 1.43. The maximum Gasteiger partial charge on any atom is 0.320 e. The van der Waals surface area contributed by atoms with Crippen LogP contribution in [0.5, 0.6) is 0 Å². The van der Waals surface area contributed by atoms with Gasteiger partial charge in [-0.15, -0.1) is 0 Å². The molecular formula is C9H9ClN2O6S. The lowest BCUT2D eigenvalue weighted by atomic mass is 10.2. The van der Waals surface area contributed by atoms with Gasteiger partial charge in [0.05, 0.1) is 10.6 Å². The van der Waals surface area contributed by atoms with Gasteiger partial charge in [-0.2, -0.15) is 0 Å². The van der Waals surface area contributed by atoms with Gasteiger partial charge in [-0.1, -0.05) is 11.6 Å². The minimum absolute atomic E-state index is 0.00292. The van der Waals surface area contributed by atoms with Crippen LogP contribution in [0.2, 0.25) is 5.02 Å². The van der Waals surface area contributed by atoms with Crippen LogP contribution in [0.25, 0.3) is 0 Å². The summed E-state index contributed by atoms with van der Waals surface area (Å²) < 4.78 is 24.9. The fourth-order valence-electron chi connectivity index (χ4n) is 1.28. The van der Waals surface area contributed by atoms with E-state index in [1.165, 1.54) is 6.92 Å². The van der Waals surface area contributed by atoms with E-state index >= 15 is 0 Å². The Morgan fingerprint density at radius 1 is 1.53 bits per heavy atom. The van der Waals surface area contributed by atoms with E-state index in [2.05, 4.69) is 0 Å². The normalized spacial score (nSPS) is 11.1. The van der Waals surface area contributed by atoms with Crippen LogP contribution in [0.4, 0.5) is 11.4 Å². The van der Waals surface area contributed by atoms with Crippen molar-refractivity contribution in [3.8, 4) is 0 Å². The van der Waals surface area contributed by atoms with Gasteiger partial charge in [-0.05, 0) is 18.6 Å². The molecule has 0 heterocycles. The van der Waals surface area contributed by atoms with Gasteiger partial charge in [0.25, 0.3) is 5.69 Å². The number of anilines is 1. The number of carbonyl (C=O) groups is 1. The Hall–Kier alpha value is -1.87. The van der Waals surface area contributed by atoms with Crippen LogP contribution < -0.4 is 4.72 Å². The second kappa shape index (κ2) is 5.41. The number of nitro groups is 1. The average Bonchev–Trinajstić information content (AvgIpc) is 2.19. The number of rotatable bonds is 5. The first-order valence-corrected chi connectivity index (χ1v) is 6.82. The van der Waals surface area contributed by atoms with Crippen LogP contribution in [0.3, 0.4) is 0 Å². The Balaban J connectivity index is 3.14. The van der Waals surface area contributed by atoms with Crippen molar-refractivity contribution in [2.24, 2.45) is 0 Å². The molecule has 1 rings (SSSR count). The molecule has 0 spiro atoms. The topological polar surface area (TPSA) is 127 Å². The number of halogens is 1. The Bertz CT molecular complexity index is 642. The number of carboxylic acid groups (broad SMARTS) is 1. The van der Waals surface area contributed by atoms with Crippen molar-refractivity contribution in [2.45, 2.75) is 6.92 Å². The van der Waals surface area contributed by atoms with Gasteiger partial charge in [0.15, 0.2) is 5.75 Å². The van der Waals surface area contributed by atoms with E-state index < -0.39 is 26.7 Å². The Kier molecular flexibility index (Phi) is 4.32. The summed E-state index contributed by atoms with van der Waals surface area (Å²) in [7, 11) is -4.08. The fraction of sp³-hybridized carbons (Fsp3) is 0.222. The molecule has 0 atom stereocenters. The molecule has 0 fully saturated rings. The highest BCUT2D eigenvalue weighted by Crippen LogP contribution is 2.30. The number of aliphatic carboxylic acids is 1. The third-order valence-electron chi connectivity index (χ3n) is 2.07. The standard InChI is InChI=1S/C9H9ClN2O6S/c1-5-2-8(12(15)16)6(10)3-7(5)11-19(17,18)4-9(13)14/h2-3,11H,4H2,1H3,(H,13,14). The summed E-state index contributed by atoms with van der Waals surface area (Å²) in [5.41, 5.74) is -0.109. The van der Waals surface area contributed by atoms with Crippen molar-refractivity contribution >= 4 is 39.0 Å². The minimum Gasteiger partial charge on any atom is -0.480 e. The largest absolute Gasteiger partial charge is 0.480 e. The van der Waals surface area contributed by atoms with E-state index in [1.54, 1.807) is 0 Å². The molecule has 0 unspecified atom stereocenters. The van der Waals surface area contributed by atoms with E-state index in [4.69, 9.17) is 16.7 Å². The van der Waals surface area contributed by atoms with Gasteiger partial charge >= 0.3 is 5.97 Å². The third-order valence-corrected chi connectivity index (χ3v) is 3.53. The predicted molar refractivity (Wildman–Crippen MR) is 67.9 cm³/mol. The summed E-state index contributed by atoms with van der Waals surface area (Å²) in [6.07, 6.45) is 0. The Morgan fingerprint density at radius 3 is 2.58 bits per heavy atom. The lowest BCUT2D eigenvalue weighted by Crippen LogP contribution is -2.22. The van der Waals surface area contributed by atoms with Crippen molar-refractivity contribution in [1.82, 2.24) is 0 Å². The van der Waals surface area contributed by atoms with E-state index in [9.17, 15) is 23.3 Å². The molecule has 0 aromatic heterocycles. The lowest BCUT2D eigenvalue weighted by Gasteiger charge is -2.09. The Morgan fingerprint density at radius 2 is 2.11 bits per heavy atom. The fourth-order valence-corrected chi connectivity index (χ4v) is 2.47. The summed E-state index contributed by atoms with van der Waals surface area (Å²) in [6, 6.07) is 2.16. The van der Waals surface area contributed by atoms with Crippen LogP contribution in [0.1, 0.15) is 5.56 Å². The van der Waals surface area contributed by atoms with Crippen molar-refractivity contribution in [1.29, 1.82) is 0 Å². The lowest BCUT2D eigenvalue weighted by molar-refractivity contribution is -0.384. The van der Waals surface area contributed by atoms with Gasteiger partial charge in [0, 0.05) is 6.07 Å². The number of sulfonamides is 1. The average molecular weight is 309 g/mol. The number of benzene rings is 1. The molecule has 1 aromatic rings. The first kappa shape index (κ1) is 15.2. The molecule has 19 heavy (non-hydrogen) atoms. The zero-order valence-corrected chi connectivity index (χ0v) is 11.2. The van der Waals surface area contributed by atoms with Crippen LogP contribution in [0.15, 0.2) is 12.1 Å². The highest BCUT2D eigenvalue weighted by atomic mass is 35.5. The zero-order valence-electron chi connectivity index (χ0n) is 9.58. The monoisotopic (exact) mass is 308 g/mol. The summed E-state index contributed by atoms with van der Waals surface area (Å²) >= 11 is 5.64. The van der Waals surface area contributed by atoms with Crippen molar-refractivity contribution in [3.05, 3.63) is 32.8 Å². The number of nitrogens with zero attached hydrogens (tertiary/aromatic N) is 1. The summed E-state index contributed by atoms with van der Waals surface area (Å²) in [4.78, 5) is 20.3. The molecule has 0 bridgehead atoms. The predicted octanol–water partition coefficient (Wildman–Crippen LogP) is 1.38. The molecule has 0 radical (unpaired) electrons. The molecule has 10 heteroatoms. The second-order valence-electron chi connectivity index (χ2n) is 3.63. The zero-order chi connectivity index (χ0) is 14.8. The van der Waals surface area contributed by atoms with Crippen LogP contribution in [-0.4, -0.2) is 30.2 Å². The molecule has 0 saturated carbocycles. The highest BCUT2D eigenvalue weighted by Gasteiger charge is 2.20. The summed E-state index contributed by atoms with van der Waals surface area (Å²) in [5.74, 6) is -2.63. The van der Waals surface area contributed by atoms with Gasteiger partial charge in [0.2, 0.25) is 10.0 Å². The molecule has 0 aliphatic carbocycles. The van der Waals surface area contributed by atoms with Crippen molar-refractivity contribution in [3.63, 3.8) is 0 Å². The number of aryl methyl sites for hydroxylation is 1. The maximum absolute atomic E-state index is 11.4. The third kappa shape index (κ3) is 4.07. The molecule has 1 aromatic carbocycles. The Labute approximate surface area is 113 Å². The van der Waals surface area contributed by atoms with E-state index in [1.807, 2.05) is 4.72 Å². The number of carboxylic acids is 1. The summed E-state index contributed by atoms with van der Waals surface area (Å²) in [5, 5.41) is 18.8. The van der Waals surface area contributed by atoms with Gasteiger partial charge in [0.1, 0.15) is 5.02 Å². The molecule has 104 valence electrons. The number of nitro benzene ring substituents is 1. The smallest absolute Gasteiger partial charge is 0.320 e. The SMILES string of the molecule is Cc1cc([N+](=O)[O-])c(Cl)cc1NS(=O)(=O)CC(=O)O. The number of hydrogen-bond donors (Lipinski definition) is 2. The van der Waals surface area contributed by atoms with Gasteiger partial charge in [-0.3, -0.25) is 19.6 Å². The number of nitrogens with one attached hydrogen (secondary N) is 1. The molecule has 0 saturated heterocycles. The molecule has 2 N–H and O–H groups in total. The molecular weight excluding hydrogens is 300 g/mol. The molecule has 0 amide bonds. The van der Waals surface area contributed by atoms with Crippen LogP contribution in [-0.2, 0) is 14.8 Å². The first-order valence-electron chi connectivity index (χ1n) is 4.79. The molecule has 8 nitrogen and oxygen atoms in total. The first-order chi connectivity index (χ1) is 8.62. The quantitative estimate of drug-likeness (QED) is 0.625. The van der Waals surface area contributed by atoms with Crippen LogP contribution >= 0.6 is 11.6 Å². The van der Waals surface area contributed by atoms with Gasteiger partial charge < -0.3 is 5.11 Å². The van der Waals surface area contributed by atoms with Crippen LogP contribution in [0, 0.1) is 17.0 Å². The minimum atomic E-state index is -4.08. The van der Waals surface area contributed by atoms with Crippen molar-refractivity contribution < 1.29 is 23.2 Å². The number of hydrogen-bond acceptors (Lipinski definition) is 5. The maximum atomic E-state index is 11.4. The van der Waals surface area contributed by atoms with E-state index in [0.717, 1.165) is 12.1 Å².